The topological polar surface area (TPSA) is 64.3 Å². The quantitative estimate of drug-likeness (QED) is 0.777. The predicted molar refractivity (Wildman–Crippen MR) is 66.7 cm³/mol. The molecule has 1 aliphatic carbocycles. The van der Waals surface area contributed by atoms with Gasteiger partial charge in [-0.1, -0.05) is 6.92 Å². The summed E-state index contributed by atoms with van der Waals surface area (Å²) < 4.78 is 5.35. The zero-order chi connectivity index (χ0) is 12.3. The van der Waals surface area contributed by atoms with Crippen molar-refractivity contribution in [2.24, 2.45) is 5.92 Å². The van der Waals surface area contributed by atoms with Crippen LogP contribution in [0.3, 0.4) is 0 Å². The minimum Gasteiger partial charge on any atom is -0.484 e. The van der Waals surface area contributed by atoms with Crippen molar-refractivity contribution < 1.29 is 9.53 Å². The van der Waals surface area contributed by atoms with E-state index < -0.39 is 0 Å². The third-order valence-corrected chi connectivity index (χ3v) is 2.99. The molecule has 92 valence electrons. The average molecular weight is 234 g/mol. The Morgan fingerprint density at radius 3 is 2.65 bits per heavy atom. The summed E-state index contributed by atoms with van der Waals surface area (Å²) in [4.78, 5) is 11.5. The van der Waals surface area contributed by atoms with Gasteiger partial charge in [-0.2, -0.15) is 0 Å². The van der Waals surface area contributed by atoms with Gasteiger partial charge in [0.15, 0.2) is 6.61 Å². The van der Waals surface area contributed by atoms with E-state index in [4.69, 9.17) is 10.5 Å². The number of hydrogen-bond donors (Lipinski definition) is 2. The third kappa shape index (κ3) is 3.37. The Morgan fingerprint density at radius 2 is 2.06 bits per heavy atom. The molecule has 0 radical (unpaired) electrons. The van der Waals surface area contributed by atoms with Crippen LogP contribution in [0.25, 0.3) is 0 Å². The molecule has 0 spiro atoms. The molecule has 1 saturated carbocycles. The van der Waals surface area contributed by atoms with Gasteiger partial charge in [0.2, 0.25) is 0 Å². The van der Waals surface area contributed by atoms with Crippen LogP contribution >= 0.6 is 0 Å². The van der Waals surface area contributed by atoms with Gasteiger partial charge < -0.3 is 15.8 Å². The van der Waals surface area contributed by atoms with E-state index >= 15 is 0 Å². The van der Waals surface area contributed by atoms with Gasteiger partial charge in [-0.15, -0.1) is 0 Å². The highest BCUT2D eigenvalue weighted by Crippen LogP contribution is 2.26. The summed E-state index contributed by atoms with van der Waals surface area (Å²) in [7, 11) is 0. The summed E-state index contributed by atoms with van der Waals surface area (Å²) in [5.41, 5.74) is 6.24. The van der Waals surface area contributed by atoms with Crippen LogP contribution in [0.4, 0.5) is 5.69 Å². The van der Waals surface area contributed by atoms with Crippen LogP contribution in [-0.4, -0.2) is 18.6 Å². The fourth-order valence-corrected chi connectivity index (χ4v) is 2.00. The molecule has 1 amide bonds. The molecule has 0 unspecified atom stereocenters. The lowest BCUT2D eigenvalue weighted by Gasteiger charge is -2.33. The number of anilines is 1. The van der Waals surface area contributed by atoms with Crippen molar-refractivity contribution >= 4 is 11.6 Å². The molecule has 0 saturated heterocycles. The molecule has 1 aromatic carbocycles. The van der Waals surface area contributed by atoms with E-state index in [2.05, 4.69) is 12.2 Å². The lowest BCUT2D eigenvalue weighted by atomic mass is 9.82. The minimum absolute atomic E-state index is 0.0567. The van der Waals surface area contributed by atoms with E-state index in [9.17, 15) is 4.79 Å². The van der Waals surface area contributed by atoms with Crippen LogP contribution in [0.1, 0.15) is 19.8 Å². The van der Waals surface area contributed by atoms with Gasteiger partial charge in [0.1, 0.15) is 5.75 Å². The highest BCUT2D eigenvalue weighted by molar-refractivity contribution is 5.78. The SMILES string of the molecule is CC1CC(NC(=O)COc2ccc(N)cc2)C1. The fraction of sp³-hybridized carbons (Fsp3) is 0.462. The first kappa shape index (κ1) is 11.8. The van der Waals surface area contributed by atoms with E-state index in [1.807, 2.05) is 0 Å². The zero-order valence-electron chi connectivity index (χ0n) is 9.98. The number of carbonyl (C=O) groups excluding carboxylic acids is 1. The lowest BCUT2D eigenvalue weighted by Crippen LogP contribution is -2.45. The summed E-state index contributed by atoms with van der Waals surface area (Å²) in [5.74, 6) is 1.34. The van der Waals surface area contributed by atoms with Gasteiger partial charge >= 0.3 is 0 Å². The van der Waals surface area contributed by atoms with Gasteiger partial charge in [0.25, 0.3) is 5.91 Å². The van der Waals surface area contributed by atoms with Gasteiger partial charge in [-0.3, -0.25) is 4.79 Å². The molecule has 2 rings (SSSR count). The van der Waals surface area contributed by atoms with E-state index in [0.29, 0.717) is 17.5 Å². The smallest absolute Gasteiger partial charge is 0.258 e. The Morgan fingerprint density at radius 1 is 1.41 bits per heavy atom. The first-order valence-corrected chi connectivity index (χ1v) is 5.91. The standard InChI is InChI=1S/C13H18N2O2/c1-9-6-11(7-9)15-13(16)8-17-12-4-2-10(14)3-5-12/h2-5,9,11H,6-8,14H2,1H3,(H,15,16). The highest BCUT2D eigenvalue weighted by Gasteiger charge is 2.26. The molecule has 17 heavy (non-hydrogen) atoms. The van der Waals surface area contributed by atoms with Gasteiger partial charge in [-0.05, 0) is 43.0 Å². The van der Waals surface area contributed by atoms with Crippen molar-refractivity contribution in [3.63, 3.8) is 0 Å². The maximum absolute atomic E-state index is 11.5. The van der Waals surface area contributed by atoms with Crippen molar-refractivity contribution in [3.8, 4) is 5.75 Å². The molecule has 1 aromatic rings. The summed E-state index contributed by atoms with van der Waals surface area (Å²) >= 11 is 0. The Bertz CT molecular complexity index is 383. The number of nitrogens with one attached hydrogen (secondary N) is 1. The van der Waals surface area contributed by atoms with E-state index in [1.165, 1.54) is 0 Å². The average Bonchev–Trinajstić information content (AvgIpc) is 2.26. The summed E-state index contributed by atoms with van der Waals surface area (Å²) in [5, 5.41) is 2.94. The van der Waals surface area contributed by atoms with Crippen LogP contribution in [0.5, 0.6) is 5.75 Å². The van der Waals surface area contributed by atoms with E-state index in [0.717, 1.165) is 18.8 Å². The zero-order valence-corrected chi connectivity index (χ0v) is 9.98. The molecule has 0 aromatic heterocycles. The van der Waals surface area contributed by atoms with Crippen molar-refractivity contribution in [1.29, 1.82) is 0 Å². The number of rotatable bonds is 4. The molecule has 4 nitrogen and oxygen atoms in total. The third-order valence-electron chi connectivity index (χ3n) is 2.99. The molecule has 1 aliphatic rings. The lowest BCUT2D eigenvalue weighted by molar-refractivity contribution is -0.124. The Labute approximate surface area is 101 Å². The Hall–Kier alpha value is -1.71. The molecule has 4 heteroatoms. The minimum atomic E-state index is -0.0567. The second-order valence-electron chi connectivity index (χ2n) is 4.70. The maximum atomic E-state index is 11.5. The van der Waals surface area contributed by atoms with Crippen molar-refractivity contribution in [2.75, 3.05) is 12.3 Å². The van der Waals surface area contributed by atoms with Crippen LogP contribution in [0.2, 0.25) is 0 Å². The highest BCUT2D eigenvalue weighted by atomic mass is 16.5. The Balaban J connectivity index is 1.70. The molecule has 3 N–H and O–H groups in total. The molecule has 1 fully saturated rings. The van der Waals surface area contributed by atoms with Gasteiger partial charge in [0, 0.05) is 11.7 Å². The number of amides is 1. The van der Waals surface area contributed by atoms with E-state index in [-0.39, 0.29) is 12.5 Å². The maximum Gasteiger partial charge on any atom is 0.258 e. The normalized spacial score (nSPS) is 22.6. The summed E-state index contributed by atoms with van der Waals surface area (Å²) in [6, 6.07) is 7.36. The number of carbonyl (C=O) groups is 1. The Kier molecular flexibility index (Phi) is 3.52. The van der Waals surface area contributed by atoms with Crippen LogP contribution < -0.4 is 15.8 Å². The summed E-state index contributed by atoms with van der Waals surface area (Å²) in [6.07, 6.45) is 2.15. The molecular formula is C13H18N2O2. The fourth-order valence-electron chi connectivity index (χ4n) is 2.00. The van der Waals surface area contributed by atoms with Crippen molar-refractivity contribution in [2.45, 2.75) is 25.8 Å². The largest absolute Gasteiger partial charge is 0.484 e. The van der Waals surface area contributed by atoms with Crippen LogP contribution in [-0.2, 0) is 4.79 Å². The number of nitrogen functional groups attached to an aromatic ring is 1. The van der Waals surface area contributed by atoms with Gasteiger partial charge in [-0.25, -0.2) is 0 Å². The number of hydrogen-bond acceptors (Lipinski definition) is 3. The molecule has 0 aliphatic heterocycles. The van der Waals surface area contributed by atoms with Gasteiger partial charge in [0.05, 0.1) is 0 Å². The second kappa shape index (κ2) is 5.08. The monoisotopic (exact) mass is 234 g/mol. The van der Waals surface area contributed by atoms with Crippen molar-refractivity contribution in [1.82, 2.24) is 5.32 Å². The second-order valence-corrected chi connectivity index (χ2v) is 4.70. The predicted octanol–water partition coefficient (Wildman–Crippen LogP) is 1.56. The number of nitrogens with two attached hydrogens (primary N) is 1. The van der Waals surface area contributed by atoms with E-state index in [1.54, 1.807) is 24.3 Å². The summed E-state index contributed by atoms with van der Waals surface area (Å²) in [6.45, 7) is 2.25. The first-order chi connectivity index (χ1) is 8.13. The molecular weight excluding hydrogens is 216 g/mol. The van der Waals surface area contributed by atoms with Crippen LogP contribution in [0, 0.1) is 5.92 Å². The number of benzene rings is 1. The molecule has 0 atom stereocenters. The van der Waals surface area contributed by atoms with Crippen molar-refractivity contribution in [3.05, 3.63) is 24.3 Å². The molecule has 0 heterocycles. The van der Waals surface area contributed by atoms with Crippen LogP contribution in [0.15, 0.2) is 24.3 Å². The molecule has 0 bridgehead atoms. The number of ether oxygens (including phenoxy) is 1. The first-order valence-electron chi connectivity index (χ1n) is 5.91.